The van der Waals surface area contributed by atoms with E-state index in [2.05, 4.69) is 30.1 Å². The molecule has 0 saturated carbocycles. The van der Waals surface area contributed by atoms with E-state index in [4.69, 9.17) is 15.5 Å². The number of aryl methyl sites for hydroxylation is 1. The third-order valence-corrected chi connectivity index (χ3v) is 11.6. The van der Waals surface area contributed by atoms with E-state index in [1.54, 1.807) is 29.2 Å². The Kier molecular flexibility index (Phi) is 8.32. The third kappa shape index (κ3) is 6.23. The summed E-state index contributed by atoms with van der Waals surface area (Å²) in [6, 6.07) is 4.14. The number of primary amides is 1. The van der Waals surface area contributed by atoms with Crippen LogP contribution in [0, 0.1) is 5.92 Å². The number of ether oxygens (including phenoxy) is 1. The van der Waals surface area contributed by atoms with Crippen LogP contribution in [0.2, 0.25) is 0 Å². The maximum Gasteiger partial charge on any atom is 0.410 e. The maximum atomic E-state index is 13.3. The minimum Gasteiger partial charge on any atom is -0.438 e. The van der Waals surface area contributed by atoms with Crippen LogP contribution in [0.5, 0.6) is 0 Å². The molecule has 2 unspecified atom stereocenters. The molecule has 1 spiro atoms. The van der Waals surface area contributed by atoms with Gasteiger partial charge in [0.05, 0.1) is 41.8 Å². The molecular formula is C37H41N11O7. The molecule has 9 rings (SSSR count). The van der Waals surface area contributed by atoms with E-state index in [1.165, 1.54) is 0 Å². The SMILES string of the molecule is Cn1cc(Cc2nc(N3CCCC(N4CC5(CN(CC6CN(c7ccc8c(c7)C(=O)N(C7CCC(=O)NC7=O)C8=O)C6)C5)OC4=O)C3)cnc2C(N)=O)cn1. The van der Waals surface area contributed by atoms with Crippen LogP contribution in [0.25, 0.3) is 0 Å². The molecule has 2 aromatic heterocycles. The number of nitrogens with one attached hydrogen (secondary N) is 1. The number of anilines is 2. The van der Waals surface area contributed by atoms with Crippen LogP contribution in [-0.2, 0) is 27.8 Å². The van der Waals surface area contributed by atoms with Crippen molar-refractivity contribution in [2.24, 2.45) is 18.7 Å². The van der Waals surface area contributed by atoms with E-state index in [1.807, 2.05) is 24.2 Å². The number of hydrogen-bond donors (Lipinski definition) is 2. The zero-order valence-corrected chi connectivity index (χ0v) is 30.3. The third-order valence-electron chi connectivity index (χ3n) is 11.6. The average molecular weight is 752 g/mol. The minimum atomic E-state index is -0.994. The zero-order valence-electron chi connectivity index (χ0n) is 30.3. The number of piperidine rings is 2. The number of rotatable bonds is 9. The number of benzene rings is 1. The normalized spacial score (nSPS) is 23.9. The van der Waals surface area contributed by atoms with Crippen LogP contribution in [-0.4, -0.2) is 140 Å². The maximum absolute atomic E-state index is 13.3. The van der Waals surface area contributed by atoms with Crippen molar-refractivity contribution in [3.63, 3.8) is 0 Å². The monoisotopic (exact) mass is 751 g/mol. The summed E-state index contributed by atoms with van der Waals surface area (Å²) in [6.45, 7) is 5.55. The van der Waals surface area contributed by atoms with Gasteiger partial charge in [0.25, 0.3) is 17.7 Å². The van der Waals surface area contributed by atoms with Gasteiger partial charge in [-0.3, -0.25) is 48.7 Å². The molecule has 1 aromatic carbocycles. The van der Waals surface area contributed by atoms with E-state index < -0.39 is 41.2 Å². The fraction of sp³-hybridized carbons (Fsp3) is 0.486. The highest BCUT2D eigenvalue weighted by molar-refractivity contribution is 6.23. The van der Waals surface area contributed by atoms with Gasteiger partial charge in [-0.25, -0.2) is 14.8 Å². The Bertz CT molecular complexity index is 2140. The highest BCUT2D eigenvalue weighted by Crippen LogP contribution is 2.38. The van der Waals surface area contributed by atoms with E-state index in [0.717, 1.165) is 55.2 Å². The lowest BCUT2D eigenvalue weighted by molar-refractivity contribution is -0.136. The van der Waals surface area contributed by atoms with Gasteiger partial charge in [0.2, 0.25) is 11.8 Å². The number of nitrogens with zero attached hydrogens (tertiary/aromatic N) is 9. The molecule has 8 heterocycles. The van der Waals surface area contributed by atoms with E-state index in [-0.39, 0.29) is 41.8 Å². The van der Waals surface area contributed by atoms with Crippen LogP contribution < -0.4 is 20.9 Å². The molecule has 5 fully saturated rings. The number of imide groups is 2. The fourth-order valence-corrected chi connectivity index (χ4v) is 8.98. The summed E-state index contributed by atoms with van der Waals surface area (Å²) in [5.41, 5.74) is 7.96. The Balaban J connectivity index is 0.776. The summed E-state index contributed by atoms with van der Waals surface area (Å²) in [7, 11) is 1.82. The van der Waals surface area contributed by atoms with Gasteiger partial charge in [-0.15, -0.1) is 0 Å². The number of carbonyl (C=O) groups excluding carboxylic acids is 6. The Labute approximate surface area is 315 Å². The number of likely N-dealkylation sites (tertiary alicyclic amines) is 1. The van der Waals surface area contributed by atoms with Gasteiger partial charge >= 0.3 is 6.09 Å². The molecule has 0 bridgehead atoms. The highest BCUT2D eigenvalue weighted by Gasteiger charge is 2.55. The number of hydrogen-bond acceptors (Lipinski definition) is 13. The Morgan fingerprint density at radius 2 is 1.80 bits per heavy atom. The van der Waals surface area contributed by atoms with Gasteiger partial charge in [-0.1, -0.05) is 0 Å². The summed E-state index contributed by atoms with van der Waals surface area (Å²) in [6.07, 6.45) is 7.12. The lowest BCUT2D eigenvalue weighted by atomic mass is 9.89. The second kappa shape index (κ2) is 13.1. The molecule has 3 aromatic rings. The summed E-state index contributed by atoms with van der Waals surface area (Å²) in [5, 5.41) is 6.43. The fourth-order valence-electron chi connectivity index (χ4n) is 8.98. The Hall–Kier alpha value is -5.91. The van der Waals surface area contributed by atoms with Gasteiger partial charge in [-0.2, -0.15) is 5.10 Å². The number of aromatic nitrogens is 4. The van der Waals surface area contributed by atoms with Crippen LogP contribution >= 0.6 is 0 Å². The summed E-state index contributed by atoms with van der Waals surface area (Å²) in [5.74, 6) is -1.69. The standard InChI is InChI=1S/C37H41N11O7/c1-43-13-21(11-40-43)9-27-31(32(38)50)39-12-29(41-27)45-8-2-3-24(17-45)47-20-37(55-36(47)54)18-44(19-37)14-22-15-46(16-22)23-4-5-25-26(10-23)35(53)48(34(25)52)28-6-7-30(49)42-33(28)51/h4-5,10-13,22,24,28H,2-3,6-9,14-20H2,1H3,(H2,38,50)(H,42,49,51). The van der Waals surface area contributed by atoms with Crippen molar-refractivity contribution in [1.29, 1.82) is 0 Å². The quantitative estimate of drug-likeness (QED) is 0.275. The second-order valence-electron chi connectivity index (χ2n) is 15.6. The van der Waals surface area contributed by atoms with Crippen LogP contribution in [0.3, 0.4) is 0 Å². The first-order valence-corrected chi connectivity index (χ1v) is 18.6. The summed E-state index contributed by atoms with van der Waals surface area (Å²) >= 11 is 0. The summed E-state index contributed by atoms with van der Waals surface area (Å²) in [4.78, 5) is 94.4. The van der Waals surface area contributed by atoms with Gasteiger partial charge in [0.15, 0.2) is 5.60 Å². The van der Waals surface area contributed by atoms with E-state index in [9.17, 15) is 28.8 Å². The average Bonchev–Trinajstić information content (AvgIpc) is 3.78. The highest BCUT2D eigenvalue weighted by atomic mass is 16.6. The first-order valence-electron chi connectivity index (χ1n) is 18.6. The molecule has 55 heavy (non-hydrogen) atoms. The molecule has 0 aliphatic carbocycles. The largest absolute Gasteiger partial charge is 0.438 e. The zero-order chi connectivity index (χ0) is 38.2. The molecule has 18 heteroatoms. The van der Waals surface area contributed by atoms with Crippen molar-refractivity contribution in [2.75, 3.05) is 62.2 Å². The second-order valence-corrected chi connectivity index (χ2v) is 15.6. The molecule has 286 valence electrons. The molecular weight excluding hydrogens is 710 g/mol. The van der Waals surface area contributed by atoms with Crippen LogP contribution in [0.4, 0.5) is 16.3 Å². The van der Waals surface area contributed by atoms with Gasteiger partial charge in [0, 0.05) is 83.5 Å². The lowest BCUT2D eigenvalue weighted by Crippen LogP contribution is -2.66. The predicted molar refractivity (Wildman–Crippen MR) is 193 cm³/mol. The molecule has 3 N–H and O–H groups in total. The van der Waals surface area contributed by atoms with Crippen molar-refractivity contribution in [1.82, 2.24) is 39.8 Å². The number of carbonyl (C=O) groups is 6. The van der Waals surface area contributed by atoms with Crippen LogP contribution in [0.15, 0.2) is 36.8 Å². The first kappa shape index (κ1) is 34.8. The van der Waals surface area contributed by atoms with Crippen molar-refractivity contribution < 1.29 is 33.5 Å². The van der Waals surface area contributed by atoms with E-state index >= 15 is 0 Å². The molecule has 6 aliphatic rings. The number of nitrogens with two attached hydrogens (primary N) is 1. The Morgan fingerprint density at radius 3 is 2.55 bits per heavy atom. The van der Waals surface area contributed by atoms with Gasteiger partial charge in [0.1, 0.15) is 17.6 Å². The molecule has 5 saturated heterocycles. The predicted octanol–water partition coefficient (Wildman–Crippen LogP) is -0.0872. The first-order chi connectivity index (χ1) is 26.4. The molecule has 6 aliphatic heterocycles. The van der Waals surface area contributed by atoms with Gasteiger partial charge in [-0.05, 0) is 43.0 Å². The smallest absolute Gasteiger partial charge is 0.410 e. The van der Waals surface area contributed by atoms with E-state index in [0.29, 0.717) is 50.0 Å². The lowest BCUT2D eigenvalue weighted by Gasteiger charge is -2.50. The van der Waals surface area contributed by atoms with Crippen molar-refractivity contribution in [3.8, 4) is 0 Å². The molecule has 6 amide bonds. The number of fused-ring (bicyclic) bond motifs is 1. The Morgan fingerprint density at radius 1 is 1.00 bits per heavy atom. The molecule has 0 radical (unpaired) electrons. The van der Waals surface area contributed by atoms with Crippen molar-refractivity contribution in [3.05, 3.63) is 64.9 Å². The van der Waals surface area contributed by atoms with Crippen molar-refractivity contribution in [2.45, 2.75) is 49.8 Å². The summed E-state index contributed by atoms with van der Waals surface area (Å²) < 4.78 is 7.71. The minimum absolute atomic E-state index is 0.0557. The molecule has 18 nitrogen and oxygen atoms in total. The van der Waals surface area contributed by atoms with Crippen LogP contribution in [0.1, 0.15) is 68.1 Å². The molecule has 2 atom stereocenters. The topological polar surface area (TPSA) is 210 Å². The van der Waals surface area contributed by atoms with Crippen molar-refractivity contribution >= 4 is 47.1 Å². The number of amides is 6. The van der Waals surface area contributed by atoms with Gasteiger partial charge < -0.3 is 20.3 Å².